The summed E-state index contributed by atoms with van der Waals surface area (Å²) in [6, 6.07) is 18.4. The molecule has 0 radical (unpaired) electrons. The quantitative estimate of drug-likeness (QED) is 0.463. The number of nitrogens with zero attached hydrogens (tertiary/aromatic N) is 3. The molecule has 32 heavy (non-hydrogen) atoms. The van der Waals surface area contributed by atoms with Crippen molar-refractivity contribution in [3.8, 4) is 22.8 Å². The van der Waals surface area contributed by atoms with Gasteiger partial charge in [0.1, 0.15) is 17.0 Å². The van der Waals surface area contributed by atoms with Gasteiger partial charge in [0.25, 0.3) is 11.5 Å². The first-order chi connectivity index (χ1) is 15.5. The molecule has 1 N–H and O–H groups in total. The molecule has 0 aliphatic rings. The van der Waals surface area contributed by atoms with Crippen LogP contribution in [0, 0.1) is 0 Å². The molecule has 1 amide bonds. The second-order valence-electron chi connectivity index (χ2n) is 7.25. The first-order valence-electron chi connectivity index (χ1n) is 10.3. The maximum Gasteiger partial charge on any atom is 0.276 e. The summed E-state index contributed by atoms with van der Waals surface area (Å²) < 4.78 is 14.0. The Morgan fingerprint density at radius 1 is 1.06 bits per heavy atom. The Morgan fingerprint density at radius 3 is 2.62 bits per heavy atom. The van der Waals surface area contributed by atoms with Crippen LogP contribution in [0.25, 0.3) is 16.8 Å². The maximum atomic E-state index is 12.9. The van der Waals surface area contributed by atoms with Crippen LogP contribution in [0.4, 0.5) is 0 Å². The van der Waals surface area contributed by atoms with E-state index in [1.165, 1.54) is 0 Å². The molecule has 4 rings (SSSR count). The van der Waals surface area contributed by atoms with E-state index in [1.807, 2.05) is 42.5 Å². The monoisotopic (exact) mass is 432 g/mol. The van der Waals surface area contributed by atoms with Crippen molar-refractivity contribution >= 4 is 11.4 Å². The van der Waals surface area contributed by atoms with E-state index in [9.17, 15) is 9.59 Å². The van der Waals surface area contributed by atoms with Gasteiger partial charge in [-0.3, -0.25) is 9.59 Å². The van der Waals surface area contributed by atoms with Gasteiger partial charge in [0.05, 0.1) is 12.8 Å². The Bertz CT molecular complexity index is 1280. The average Bonchev–Trinajstić information content (AvgIpc) is 3.26. The summed E-state index contributed by atoms with van der Waals surface area (Å²) in [6.45, 7) is 2.32. The first-order valence-corrected chi connectivity index (χ1v) is 10.3. The fourth-order valence-corrected chi connectivity index (χ4v) is 3.33. The number of hydrogen-bond acceptors (Lipinski definition) is 5. The van der Waals surface area contributed by atoms with Gasteiger partial charge < -0.3 is 19.4 Å². The van der Waals surface area contributed by atoms with Gasteiger partial charge in [-0.1, -0.05) is 30.3 Å². The lowest BCUT2D eigenvalue weighted by Gasteiger charge is -2.15. The molecule has 0 unspecified atom stereocenters. The fraction of sp³-hybridized carbons (Fsp3) is 0.208. The lowest BCUT2D eigenvalue weighted by Crippen LogP contribution is -2.38. The molecule has 2 aromatic carbocycles. The summed E-state index contributed by atoms with van der Waals surface area (Å²) in [5.74, 6) is 1.11. The third kappa shape index (κ3) is 4.64. The lowest BCUT2D eigenvalue weighted by atomic mass is 10.1. The second-order valence-corrected chi connectivity index (χ2v) is 7.25. The standard InChI is InChI=1S/C24H24N4O4/c1-17(32-19-8-4-3-5-9-19)23(29)25-11-12-27-13-14-28-22(24(27)30)16-21(26-28)18-7-6-10-20(15-18)31-2/h3-10,13-17H,11-12H2,1-2H3,(H,25,29)/t17-/m1/s1. The fourth-order valence-electron chi connectivity index (χ4n) is 3.33. The van der Waals surface area contributed by atoms with E-state index in [-0.39, 0.29) is 11.5 Å². The van der Waals surface area contributed by atoms with Crippen LogP contribution in [0.3, 0.4) is 0 Å². The topological polar surface area (TPSA) is 86.9 Å². The number of rotatable bonds is 8. The Kier molecular flexibility index (Phi) is 6.21. The minimum atomic E-state index is -0.642. The summed E-state index contributed by atoms with van der Waals surface area (Å²) in [7, 11) is 1.61. The predicted octanol–water partition coefficient (Wildman–Crippen LogP) is 2.76. The molecule has 8 nitrogen and oxygen atoms in total. The highest BCUT2D eigenvalue weighted by Crippen LogP contribution is 2.23. The van der Waals surface area contributed by atoms with Crippen LogP contribution in [0.5, 0.6) is 11.5 Å². The Labute approximate surface area is 185 Å². The van der Waals surface area contributed by atoms with Gasteiger partial charge >= 0.3 is 0 Å². The molecular formula is C24H24N4O4. The van der Waals surface area contributed by atoms with Gasteiger partial charge in [0.15, 0.2) is 6.10 Å². The van der Waals surface area contributed by atoms with Crippen molar-refractivity contribution in [3.05, 3.63) is 83.4 Å². The normalized spacial score (nSPS) is 11.8. The zero-order valence-electron chi connectivity index (χ0n) is 17.9. The number of carbonyl (C=O) groups is 1. The summed E-state index contributed by atoms with van der Waals surface area (Å²) in [6.07, 6.45) is 2.74. The largest absolute Gasteiger partial charge is 0.497 e. The minimum Gasteiger partial charge on any atom is -0.497 e. The zero-order chi connectivity index (χ0) is 22.5. The number of benzene rings is 2. The van der Waals surface area contributed by atoms with Gasteiger partial charge in [-0.15, -0.1) is 0 Å². The highest BCUT2D eigenvalue weighted by atomic mass is 16.5. The smallest absolute Gasteiger partial charge is 0.276 e. The van der Waals surface area contributed by atoms with Gasteiger partial charge in [0, 0.05) is 31.0 Å². The number of methoxy groups -OCH3 is 1. The Hall–Kier alpha value is -4.07. The highest BCUT2D eigenvalue weighted by molar-refractivity contribution is 5.80. The van der Waals surface area contributed by atoms with E-state index in [0.29, 0.717) is 30.0 Å². The number of nitrogens with one attached hydrogen (secondary N) is 1. The van der Waals surface area contributed by atoms with Gasteiger partial charge in [-0.25, -0.2) is 4.52 Å². The molecular weight excluding hydrogens is 408 g/mol. The molecule has 0 spiro atoms. The van der Waals surface area contributed by atoms with Crippen molar-refractivity contribution in [3.63, 3.8) is 0 Å². The summed E-state index contributed by atoms with van der Waals surface area (Å²) >= 11 is 0. The molecule has 2 heterocycles. The van der Waals surface area contributed by atoms with Crippen molar-refractivity contribution in [2.24, 2.45) is 0 Å². The van der Waals surface area contributed by atoms with E-state index in [2.05, 4.69) is 10.4 Å². The molecule has 1 atom stereocenters. The summed E-state index contributed by atoms with van der Waals surface area (Å²) in [5.41, 5.74) is 1.81. The number of para-hydroxylation sites is 1. The average molecular weight is 432 g/mol. The van der Waals surface area contributed by atoms with Crippen LogP contribution < -0.4 is 20.3 Å². The van der Waals surface area contributed by atoms with Gasteiger partial charge in [-0.05, 0) is 37.3 Å². The molecule has 0 saturated carbocycles. The third-order valence-electron chi connectivity index (χ3n) is 5.05. The number of ether oxygens (including phenoxy) is 2. The van der Waals surface area contributed by atoms with Crippen LogP contribution in [0.2, 0.25) is 0 Å². The maximum absolute atomic E-state index is 12.9. The molecule has 0 aliphatic heterocycles. The van der Waals surface area contributed by atoms with Crippen molar-refractivity contribution < 1.29 is 14.3 Å². The number of aromatic nitrogens is 3. The summed E-state index contributed by atoms with van der Waals surface area (Å²) in [4.78, 5) is 25.2. The molecule has 2 aromatic heterocycles. The van der Waals surface area contributed by atoms with Crippen LogP contribution in [-0.2, 0) is 11.3 Å². The number of carbonyl (C=O) groups excluding carboxylic acids is 1. The minimum absolute atomic E-state index is 0.183. The van der Waals surface area contributed by atoms with Crippen LogP contribution in [0.1, 0.15) is 6.92 Å². The van der Waals surface area contributed by atoms with E-state index < -0.39 is 6.10 Å². The van der Waals surface area contributed by atoms with E-state index >= 15 is 0 Å². The van der Waals surface area contributed by atoms with E-state index in [1.54, 1.807) is 53.7 Å². The van der Waals surface area contributed by atoms with Crippen molar-refractivity contribution in [1.29, 1.82) is 0 Å². The molecule has 8 heteroatoms. The number of hydrogen-bond donors (Lipinski definition) is 1. The first kappa shape index (κ1) is 21.2. The molecule has 0 bridgehead atoms. The van der Waals surface area contributed by atoms with E-state index in [0.717, 1.165) is 11.3 Å². The molecule has 4 aromatic rings. The number of fused-ring (bicyclic) bond motifs is 1. The van der Waals surface area contributed by atoms with E-state index in [4.69, 9.17) is 9.47 Å². The third-order valence-corrected chi connectivity index (χ3v) is 5.05. The van der Waals surface area contributed by atoms with Gasteiger partial charge in [0.2, 0.25) is 0 Å². The SMILES string of the molecule is COc1cccc(-c2cc3c(=O)n(CCNC(=O)[C@@H](C)Oc4ccccc4)ccn3n2)c1. The van der Waals surface area contributed by atoms with Crippen LogP contribution >= 0.6 is 0 Å². The molecule has 0 fully saturated rings. The number of amides is 1. The van der Waals surface area contributed by atoms with Crippen molar-refractivity contribution in [2.45, 2.75) is 19.6 Å². The molecule has 0 aliphatic carbocycles. The zero-order valence-corrected chi connectivity index (χ0v) is 17.9. The summed E-state index contributed by atoms with van der Waals surface area (Å²) in [5, 5.41) is 7.30. The van der Waals surface area contributed by atoms with Crippen molar-refractivity contribution in [1.82, 2.24) is 19.5 Å². The predicted molar refractivity (Wildman–Crippen MR) is 121 cm³/mol. The highest BCUT2D eigenvalue weighted by Gasteiger charge is 2.14. The Balaban J connectivity index is 1.42. The van der Waals surface area contributed by atoms with Crippen molar-refractivity contribution in [2.75, 3.05) is 13.7 Å². The lowest BCUT2D eigenvalue weighted by molar-refractivity contribution is -0.127. The van der Waals surface area contributed by atoms with Crippen LogP contribution in [-0.4, -0.2) is 39.8 Å². The molecule has 0 saturated heterocycles. The van der Waals surface area contributed by atoms with Gasteiger partial charge in [-0.2, -0.15) is 5.10 Å². The molecule has 164 valence electrons. The van der Waals surface area contributed by atoms with Crippen LogP contribution in [0.15, 0.2) is 77.9 Å². The Morgan fingerprint density at radius 2 is 1.84 bits per heavy atom. The second kappa shape index (κ2) is 9.38.